The van der Waals surface area contributed by atoms with Gasteiger partial charge in [-0.1, -0.05) is 26.1 Å². The third-order valence-corrected chi connectivity index (χ3v) is 4.17. The lowest BCUT2D eigenvalue weighted by molar-refractivity contribution is -0.135. The van der Waals surface area contributed by atoms with Gasteiger partial charge in [-0.25, -0.2) is 0 Å². The predicted molar refractivity (Wildman–Crippen MR) is 78.3 cm³/mol. The van der Waals surface area contributed by atoms with Crippen LogP contribution in [0.4, 0.5) is 0 Å². The number of hydrogen-bond acceptors (Lipinski definition) is 3. The number of hydrogen-bond donors (Lipinski definition) is 1. The summed E-state index contributed by atoms with van der Waals surface area (Å²) < 4.78 is 0. The fraction of sp³-hybridized carbons (Fsp3) is 0.833. The van der Waals surface area contributed by atoms with Crippen LogP contribution in [0.5, 0.6) is 0 Å². The molecule has 1 saturated heterocycles. The maximum absolute atomic E-state index is 12.3. The summed E-state index contributed by atoms with van der Waals surface area (Å²) in [5, 5.41) is 0. The molecule has 0 bridgehead atoms. The maximum atomic E-state index is 12.3. The number of nitrogens with zero attached hydrogens (tertiary/aromatic N) is 1. The minimum atomic E-state index is 0.213. The Labute approximate surface area is 113 Å². The van der Waals surface area contributed by atoms with Gasteiger partial charge in [0, 0.05) is 31.2 Å². The van der Waals surface area contributed by atoms with Crippen LogP contribution in [0, 0.1) is 11.8 Å². The van der Waals surface area contributed by atoms with E-state index in [2.05, 4.69) is 13.8 Å². The molecule has 1 amide bonds. The molecule has 1 unspecified atom stereocenters. The molecule has 0 aliphatic carbocycles. The van der Waals surface area contributed by atoms with E-state index < -0.39 is 0 Å². The molecule has 1 rings (SSSR count). The Hall–Kier alpha value is -0.290. The molecule has 1 aliphatic rings. The summed E-state index contributed by atoms with van der Waals surface area (Å²) in [7, 11) is 0. The van der Waals surface area contributed by atoms with Gasteiger partial charge in [0.1, 0.15) is 0 Å². The second kappa shape index (κ2) is 7.21. The molecule has 3 nitrogen and oxygen atoms in total. The molecule has 0 spiro atoms. The average molecular weight is 274 g/mol. The van der Waals surface area contributed by atoms with Gasteiger partial charge in [0.25, 0.3) is 0 Å². The highest BCUT2D eigenvalue weighted by atomic mass is 32.2. The van der Waals surface area contributed by atoms with Crippen LogP contribution in [-0.2, 0) is 4.79 Å². The van der Waals surface area contributed by atoms with Gasteiger partial charge < -0.3 is 10.6 Å². The van der Waals surface area contributed by atoms with Crippen molar-refractivity contribution in [2.24, 2.45) is 17.6 Å². The van der Waals surface area contributed by atoms with Crippen LogP contribution < -0.4 is 5.73 Å². The summed E-state index contributed by atoms with van der Waals surface area (Å²) in [6.07, 6.45) is 1.65. The van der Waals surface area contributed by atoms with E-state index in [9.17, 15) is 4.79 Å². The van der Waals surface area contributed by atoms with Crippen molar-refractivity contribution in [1.29, 1.82) is 0 Å². The van der Waals surface area contributed by atoms with Crippen LogP contribution in [0.2, 0.25) is 0 Å². The molecule has 17 heavy (non-hydrogen) atoms. The van der Waals surface area contributed by atoms with E-state index in [-0.39, 0.29) is 5.92 Å². The molecule has 1 aliphatic heterocycles. The van der Waals surface area contributed by atoms with Crippen LogP contribution in [-0.4, -0.2) is 40.4 Å². The highest BCUT2D eigenvalue weighted by molar-refractivity contribution is 7.99. The van der Waals surface area contributed by atoms with Crippen molar-refractivity contribution >= 4 is 34.9 Å². The molecule has 5 heteroatoms. The van der Waals surface area contributed by atoms with Crippen LogP contribution in [0.15, 0.2) is 0 Å². The second-order valence-corrected chi connectivity index (χ2v) is 6.63. The third kappa shape index (κ3) is 5.25. The van der Waals surface area contributed by atoms with E-state index in [4.69, 9.17) is 18.0 Å². The highest BCUT2D eigenvalue weighted by Gasteiger charge is 2.27. The number of nitrogens with two attached hydrogens (primary N) is 1. The van der Waals surface area contributed by atoms with Crippen LogP contribution in [0.25, 0.3) is 0 Å². The zero-order chi connectivity index (χ0) is 12.8. The Balaban J connectivity index is 2.53. The normalized spacial score (nSPS) is 19.6. The van der Waals surface area contributed by atoms with Crippen molar-refractivity contribution in [2.45, 2.75) is 26.7 Å². The molecule has 98 valence electrons. The van der Waals surface area contributed by atoms with Gasteiger partial charge in [-0.2, -0.15) is 11.8 Å². The average Bonchev–Trinajstić information content (AvgIpc) is 2.75. The van der Waals surface area contributed by atoms with Gasteiger partial charge in [-0.15, -0.1) is 0 Å². The Bertz CT molecular complexity index is 276. The molecular weight excluding hydrogens is 252 g/mol. The molecule has 1 heterocycles. The summed E-state index contributed by atoms with van der Waals surface area (Å²) in [6.45, 7) is 5.74. The Morgan fingerprint density at radius 3 is 2.76 bits per heavy atom. The fourth-order valence-electron chi connectivity index (χ4n) is 1.96. The van der Waals surface area contributed by atoms with E-state index in [1.165, 1.54) is 0 Å². The number of carbonyl (C=O) groups is 1. The van der Waals surface area contributed by atoms with E-state index in [0.29, 0.717) is 29.8 Å². The Morgan fingerprint density at radius 1 is 1.59 bits per heavy atom. The fourth-order valence-corrected chi connectivity index (χ4v) is 3.27. The zero-order valence-corrected chi connectivity index (χ0v) is 12.3. The lowest BCUT2D eigenvalue weighted by Gasteiger charge is -2.27. The zero-order valence-electron chi connectivity index (χ0n) is 10.6. The first-order chi connectivity index (χ1) is 8.00. The minimum absolute atomic E-state index is 0.213. The molecule has 0 aromatic heterocycles. The first-order valence-corrected chi connectivity index (χ1v) is 7.71. The van der Waals surface area contributed by atoms with Crippen molar-refractivity contribution in [1.82, 2.24) is 4.90 Å². The predicted octanol–water partition coefficient (Wildman–Crippen LogP) is 1.90. The molecule has 1 fully saturated rings. The molecule has 0 aromatic carbocycles. The van der Waals surface area contributed by atoms with Gasteiger partial charge in [-0.05, 0) is 18.1 Å². The summed E-state index contributed by atoms with van der Waals surface area (Å²) in [6, 6.07) is 0. The summed E-state index contributed by atoms with van der Waals surface area (Å²) in [4.78, 5) is 14.8. The number of amides is 1. The third-order valence-electron chi connectivity index (χ3n) is 2.80. The number of thiocarbonyl (C=S) groups is 1. The summed E-state index contributed by atoms with van der Waals surface area (Å²) >= 11 is 6.76. The van der Waals surface area contributed by atoms with Crippen molar-refractivity contribution in [2.75, 3.05) is 24.6 Å². The first-order valence-electron chi connectivity index (χ1n) is 6.15. The van der Waals surface area contributed by atoms with E-state index in [0.717, 1.165) is 24.5 Å². The van der Waals surface area contributed by atoms with Gasteiger partial charge in [-0.3, -0.25) is 4.79 Å². The van der Waals surface area contributed by atoms with E-state index in [1.807, 2.05) is 16.7 Å². The minimum Gasteiger partial charge on any atom is -0.393 e. The van der Waals surface area contributed by atoms with Gasteiger partial charge in [0.15, 0.2) is 0 Å². The van der Waals surface area contributed by atoms with E-state index >= 15 is 0 Å². The highest BCUT2D eigenvalue weighted by Crippen LogP contribution is 2.25. The van der Waals surface area contributed by atoms with Crippen molar-refractivity contribution in [3.05, 3.63) is 0 Å². The summed E-state index contributed by atoms with van der Waals surface area (Å²) in [5.74, 6) is 3.08. The van der Waals surface area contributed by atoms with E-state index in [1.54, 1.807) is 0 Å². The largest absolute Gasteiger partial charge is 0.393 e. The molecule has 0 radical (unpaired) electrons. The Kier molecular flexibility index (Phi) is 6.27. The van der Waals surface area contributed by atoms with Crippen LogP contribution in [0.3, 0.4) is 0 Å². The monoisotopic (exact) mass is 274 g/mol. The van der Waals surface area contributed by atoms with Crippen molar-refractivity contribution < 1.29 is 4.79 Å². The van der Waals surface area contributed by atoms with Crippen LogP contribution >= 0.6 is 24.0 Å². The SMILES string of the molecule is CC(C)CN(CCC(N)=S)C(=O)C1CCSC1. The van der Waals surface area contributed by atoms with Crippen LogP contribution in [0.1, 0.15) is 26.7 Å². The smallest absolute Gasteiger partial charge is 0.226 e. The number of carbonyl (C=O) groups excluding carboxylic acids is 1. The Morgan fingerprint density at radius 2 is 2.29 bits per heavy atom. The lowest BCUT2D eigenvalue weighted by atomic mass is 10.1. The maximum Gasteiger partial charge on any atom is 0.226 e. The van der Waals surface area contributed by atoms with Crippen molar-refractivity contribution in [3.8, 4) is 0 Å². The number of rotatable bonds is 6. The molecule has 2 N–H and O–H groups in total. The van der Waals surface area contributed by atoms with Gasteiger partial charge >= 0.3 is 0 Å². The molecule has 0 aromatic rings. The second-order valence-electron chi connectivity index (χ2n) is 4.95. The number of thioether (sulfide) groups is 1. The quantitative estimate of drug-likeness (QED) is 0.752. The molecule has 1 atom stereocenters. The van der Waals surface area contributed by atoms with Gasteiger partial charge in [0.2, 0.25) is 5.91 Å². The van der Waals surface area contributed by atoms with Crippen molar-refractivity contribution in [3.63, 3.8) is 0 Å². The van der Waals surface area contributed by atoms with Gasteiger partial charge in [0.05, 0.1) is 4.99 Å². The standard InChI is InChI=1S/C12H22N2OS2/c1-9(2)7-14(5-3-11(13)16)12(15)10-4-6-17-8-10/h9-10H,3-8H2,1-2H3,(H2,13,16). The molecular formula is C12H22N2OS2. The topological polar surface area (TPSA) is 46.3 Å². The summed E-state index contributed by atoms with van der Waals surface area (Å²) in [5.41, 5.74) is 5.51. The lowest BCUT2D eigenvalue weighted by Crippen LogP contribution is -2.40. The first kappa shape index (κ1) is 14.8. The molecule has 0 saturated carbocycles.